The van der Waals surface area contributed by atoms with E-state index in [2.05, 4.69) is 45.0 Å². The van der Waals surface area contributed by atoms with Crippen molar-refractivity contribution in [1.82, 2.24) is 40.6 Å². The Morgan fingerprint density at radius 3 is 2.41 bits per heavy atom. The standard InChI is InChI=1S/C53H58ClN9O6S2/c1-29-32(4)71-52-45(29)46(36-17-19-38(54)20-18-36)58-41(49-61-60-33(5)63(49)52)26-44(66)55-22-23-69-40-11-9-10-34(24-40)12-21-43(65)59-48(53(6,7)8)51(68)62-27-39(64)25-42(62)50(67)57-30(2)35-13-15-37(16-14-35)47-31(3)56-28-70-47/h9-21,24,28,30,39,41-42,48,64H,22-23,25-27H2,1-8H3,(H,55,66)(H,57,67)(H,59,65)/b21-12+/t30-,39+,41-,42-,48?/m0/s1. The Morgan fingerprint density at radius 1 is 0.972 bits per heavy atom. The van der Waals surface area contributed by atoms with Gasteiger partial charge in [0.2, 0.25) is 23.6 Å². The summed E-state index contributed by atoms with van der Waals surface area (Å²) in [4.78, 5) is 68.1. The summed E-state index contributed by atoms with van der Waals surface area (Å²) in [6, 6.07) is 19.7. The average Bonchev–Trinajstić information content (AvgIpc) is 4.11. The first-order valence-electron chi connectivity index (χ1n) is 23.5. The van der Waals surface area contributed by atoms with Gasteiger partial charge < -0.3 is 30.7 Å². The maximum Gasteiger partial charge on any atom is 0.246 e. The fourth-order valence-electron chi connectivity index (χ4n) is 8.83. The van der Waals surface area contributed by atoms with Crippen LogP contribution < -0.4 is 20.7 Å². The number of nitrogens with one attached hydrogen (secondary N) is 3. The molecule has 2 aliphatic rings. The molecule has 3 aromatic heterocycles. The van der Waals surface area contributed by atoms with E-state index in [1.807, 2.05) is 106 Å². The van der Waals surface area contributed by atoms with Gasteiger partial charge in [0.1, 0.15) is 41.3 Å². The molecule has 2 aliphatic heterocycles. The number of hydrogen-bond donors (Lipinski definition) is 4. The van der Waals surface area contributed by atoms with Gasteiger partial charge in [-0.2, -0.15) is 0 Å². The molecule has 15 nitrogen and oxygen atoms in total. The fraction of sp³-hybridized carbons (Fsp3) is 0.358. The van der Waals surface area contributed by atoms with Crippen molar-refractivity contribution in [3.8, 4) is 21.2 Å². The molecule has 6 aromatic rings. The Morgan fingerprint density at radius 2 is 1.70 bits per heavy atom. The van der Waals surface area contributed by atoms with Gasteiger partial charge in [-0.1, -0.05) is 80.9 Å². The van der Waals surface area contributed by atoms with E-state index in [9.17, 15) is 24.3 Å². The third kappa shape index (κ3) is 11.5. The molecule has 370 valence electrons. The van der Waals surface area contributed by atoms with Gasteiger partial charge in [0.15, 0.2) is 5.82 Å². The van der Waals surface area contributed by atoms with E-state index in [-0.39, 0.29) is 50.4 Å². The molecule has 3 aromatic carbocycles. The highest BCUT2D eigenvalue weighted by molar-refractivity contribution is 7.15. The molecular weight excluding hydrogens is 958 g/mol. The average molecular weight is 1020 g/mol. The molecule has 5 heterocycles. The lowest BCUT2D eigenvalue weighted by atomic mass is 9.85. The number of β-amino-alcohol motifs (C(OH)–C–C–N with tert-alkyl or cyclic N) is 1. The highest BCUT2D eigenvalue weighted by atomic mass is 35.5. The minimum Gasteiger partial charge on any atom is -0.492 e. The largest absolute Gasteiger partial charge is 0.492 e. The second-order valence-corrected chi connectivity index (χ2v) is 21.5. The van der Waals surface area contributed by atoms with E-state index < -0.39 is 41.5 Å². The van der Waals surface area contributed by atoms with Gasteiger partial charge in [0, 0.05) is 40.1 Å². The van der Waals surface area contributed by atoms with E-state index in [1.165, 1.54) is 11.0 Å². The molecule has 8 rings (SSSR count). The number of hydrogen-bond acceptors (Lipinski definition) is 12. The number of thiazole rings is 1. The number of aryl methyl sites for hydroxylation is 3. The number of carbonyl (C=O) groups is 4. The fourth-order valence-corrected chi connectivity index (χ4v) is 11.0. The van der Waals surface area contributed by atoms with E-state index in [0.717, 1.165) is 54.0 Å². The summed E-state index contributed by atoms with van der Waals surface area (Å²) in [6.45, 7) is 15.8. The van der Waals surface area contributed by atoms with Crippen LogP contribution in [0.2, 0.25) is 5.02 Å². The molecule has 4 N–H and O–H groups in total. The Labute approximate surface area is 426 Å². The zero-order chi connectivity index (χ0) is 50.7. The molecule has 0 bridgehead atoms. The first kappa shape index (κ1) is 50.8. The van der Waals surface area contributed by atoms with Crippen molar-refractivity contribution < 1.29 is 29.0 Å². The smallest absolute Gasteiger partial charge is 0.246 e. The first-order valence-corrected chi connectivity index (χ1v) is 25.6. The molecule has 1 unspecified atom stereocenters. The molecular formula is C53H58ClN9O6S2. The minimum absolute atomic E-state index is 0.0340. The number of ether oxygens (including phenoxy) is 1. The van der Waals surface area contributed by atoms with Crippen LogP contribution in [0.25, 0.3) is 21.5 Å². The Bertz CT molecular complexity index is 3010. The van der Waals surface area contributed by atoms with E-state index in [0.29, 0.717) is 28.0 Å². The van der Waals surface area contributed by atoms with Gasteiger partial charge in [-0.3, -0.25) is 28.7 Å². The van der Waals surface area contributed by atoms with Crippen LogP contribution in [0.3, 0.4) is 0 Å². The number of nitrogens with zero attached hydrogens (tertiary/aromatic N) is 6. The van der Waals surface area contributed by atoms with Crippen LogP contribution in [-0.4, -0.2) is 97.0 Å². The normalized spacial score (nSPS) is 17.5. The number of halogens is 1. The number of aliphatic hydroxyl groups is 1. The number of aromatic nitrogens is 4. The number of amides is 4. The number of rotatable bonds is 15. The van der Waals surface area contributed by atoms with Crippen molar-refractivity contribution in [1.29, 1.82) is 0 Å². The van der Waals surface area contributed by atoms with E-state index in [1.54, 1.807) is 46.9 Å². The lowest BCUT2D eigenvalue weighted by Gasteiger charge is -2.35. The lowest BCUT2D eigenvalue weighted by molar-refractivity contribution is -0.143. The van der Waals surface area contributed by atoms with Crippen LogP contribution in [-0.2, 0) is 19.2 Å². The SMILES string of the molecule is Cc1ncsc1-c1ccc([C@H](C)NC(=O)[C@@H]2C[C@@H](O)CN2C(=O)C(NC(=O)/C=C/c2cccc(OCCNC(=O)C[C@@H]3N=C(c4ccc(Cl)cc4)c4c(sc(C)c4C)-n4c(C)nnc43)c2)C(C)(C)C)cc1. The summed E-state index contributed by atoms with van der Waals surface area (Å²) in [5.41, 5.74) is 8.38. The quantitative estimate of drug-likeness (QED) is 0.0580. The van der Waals surface area contributed by atoms with Crippen LogP contribution in [0.4, 0.5) is 0 Å². The number of carbonyl (C=O) groups excluding carboxylic acids is 4. The van der Waals surface area contributed by atoms with Gasteiger partial charge in [0.25, 0.3) is 0 Å². The number of benzene rings is 3. The van der Waals surface area contributed by atoms with Crippen molar-refractivity contribution >= 4 is 69.7 Å². The molecule has 18 heteroatoms. The van der Waals surface area contributed by atoms with Crippen LogP contribution >= 0.6 is 34.3 Å². The summed E-state index contributed by atoms with van der Waals surface area (Å²) >= 11 is 9.47. The monoisotopic (exact) mass is 1020 g/mol. The zero-order valence-corrected chi connectivity index (χ0v) is 43.3. The van der Waals surface area contributed by atoms with Crippen LogP contribution in [0, 0.1) is 33.1 Å². The summed E-state index contributed by atoms with van der Waals surface area (Å²) in [5, 5.41) is 30.0. The van der Waals surface area contributed by atoms with Gasteiger partial charge in [-0.25, -0.2) is 4.98 Å². The third-order valence-electron chi connectivity index (χ3n) is 12.8. The second-order valence-electron chi connectivity index (χ2n) is 19.0. The maximum absolute atomic E-state index is 14.2. The molecule has 0 spiro atoms. The topological polar surface area (TPSA) is 193 Å². The van der Waals surface area contributed by atoms with E-state index >= 15 is 0 Å². The molecule has 1 saturated heterocycles. The Hall–Kier alpha value is -6.53. The van der Waals surface area contributed by atoms with Gasteiger partial charge in [-0.05, 0) is 92.6 Å². The molecule has 0 aliphatic carbocycles. The van der Waals surface area contributed by atoms with Crippen LogP contribution in [0.1, 0.15) is 103 Å². The van der Waals surface area contributed by atoms with Crippen molar-refractivity contribution in [3.63, 3.8) is 0 Å². The summed E-state index contributed by atoms with van der Waals surface area (Å²) < 4.78 is 8.01. The van der Waals surface area contributed by atoms with Gasteiger partial charge in [-0.15, -0.1) is 32.9 Å². The Balaban J connectivity index is 0.854. The molecule has 1 fully saturated rings. The molecule has 71 heavy (non-hydrogen) atoms. The van der Waals surface area contributed by atoms with Gasteiger partial charge >= 0.3 is 0 Å². The van der Waals surface area contributed by atoms with Crippen LogP contribution in [0.5, 0.6) is 5.75 Å². The minimum atomic E-state index is -1.00. The van der Waals surface area contributed by atoms with Crippen molar-refractivity contribution in [2.45, 2.75) is 98.5 Å². The Kier molecular flexibility index (Phi) is 15.4. The lowest BCUT2D eigenvalue weighted by Crippen LogP contribution is -2.57. The first-order chi connectivity index (χ1) is 33.9. The third-order valence-corrected chi connectivity index (χ3v) is 15.2. The summed E-state index contributed by atoms with van der Waals surface area (Å²) in [6.07, 6.45) is 2.17. The maximum atomic E-state index is 14.2. The molecule has 5 atom stereocenters. The highest BCUT2D eigenvalue weighted by Crippen LogP contribution is 2.40. The molecule has 0 saturated carbocycles. The van der Waals surface area contributed by atoms with Crippen molar-refractivity contribution in [3.05, 3.63) is 139 Å². The number of aliphatic imine (C=N–C) groups is 1. The van der Waals surface area contributed by atoms with Crippen molar-refractivity contribution in [2.75, 3.05) is 19.7 Å². The second kappa shape index (κ2) is 21.4. The van der Waals surface area contributed by atoms with E-state index in [4.69, 9.17) is 21.3 Å². The number of aliphatic hydroxyl groups excluding tert-OH is 1. The number of likely N-dealkylation sites (tertiary alicyclic amines) is 1. The zero-order valence-electron chi connectivity index (χ0n) is 40.9. The predicted octanol–water partition coefficient (Wildman–Crippen LogP) is 8.20. The van der Waals surface area contributed by atoms with Gasteiger partial charge in [0.05, 0.1) is 46.9 Å². The number of fused-ring (bicyclic) bond motifs is 3. The molecule has 4 amide bonds. The summed E-state index contributed by atoms with van der Waals surface area (Å²) in [7, 11) is 0. The van der Waals surface area contributed by atoms with Crippen molar-refractivity contribution in [2.24, 2.45) is 10.4 Å². The summed E-state index contributed by atoms with van der Waals surface area (Å²) in [5.74, 6) is 0.245. The molecule has 0 radical (unpaired) electrons. The predicted molar refractivity (Wildman–Crippen MR) is 278 cm³/mol. The highest BCUT2D eigenvalue weighted by Gasteiger charge is 2.44. The van der Waals surface area contributed by atoms with Crippen LogP contribution in [0.15, 0.2) is 89.4 Å². The number of thiophene rings is 1.